The fourth-order valence-electron chi connectivity index (χ4n) is 3.15. The van der Waals surface area contributed by atoms with Gasteiger partial charge < -0.3 is 5.11 Å². The maximum Gasteiger partial charge on any atom is 0.335 e. The Morgan fingerprint density at radius 1 is 1.00 bits per heavy atom. The number of nitrogens with zero attached hydrogens (tertiary/aromatic N) is 2. The van der Waals surface area contributed by atoms with Crippen LogP contribution < -0.4 is 5.56 Å². The summed E-state index contributed by atoms with van der Waals surface area (Å²) in [6.07, 6.45) is 8.95. The van der Waals surface area contributed by atoms with Crippen LogP contribution in [0, 0.1) is 12.3 Å². The Morgan fingerprint density at radius 2 is 1.77 bits per heavy atom. The van der Waals surface area contributed by atoms with Crippen LogP contribution in [0.2, 0.25) is 0 Å². The second-order valence-electron chi connectivity index (χ2n) is 6.58. The lowest BCUT2D eigenvalue weighted by Gasteiger charge is -2.12. The summed E-state index contributed by atoms with van der Waals surface area (Å²) in [5.41, 5.74) is 2.48. The quantitative estimate of drug-likeness (QED) is 0.528. The van der Waals surface area contributed by atoms with Gasteiger partial charge in [0.2, 0.25) is 0 Å². The molecule has 4 rings (SSSR count). The number of hydrogen-bond donors (Lipinski definition) is 1. The number of aromatic carboxylic acids is 1. The predicted molar refractivity (Wildman–Crippen MR) is 118 cm³/mol. The number of carbonyl (C=O) groups is 1. The normalized spacial score (nSPS) is 10.9. The average Bonchev–Trinajstić information content (AvgIpc) is 2.78. The van der Waals surface area contributed by atoms with Crippen LogP contribution in [-0.4, -0.2) is 20.6 Å². The molecule has 0 radical (unpaired) electrons. The fourth-order valence-corrected chi connectivity index (χ4v) is 3.15. The van der Waals surface area contributed by atoms with Crippen LogP contribution in [0.3, 0.4) is 0 Å². The molecule has 0 bridgehead atoms. The van der Waals surface area contributed by atoms with E-state index in [0.717, 1.165) is 11.1 Å². The summed E-state index contributed by atoms with van der Waals surface area (Å²) >= 11 is 0. The first-order valence-electron chi connectivity index (χ1n) is 9.17. The van der Waals surface area contributed by atoms with E-state index in [1.165, 1.54) is 16.7 Å². The Hall–Kier alpha value is -4.43. The molecule has 144 valence electrons. The number of fused-ring (bicyclic) bond motifs is 1. The van der Waals surface area contributed by atoms with Crippen LogP contribution in [-0.2, 0) is 0 Å². The van der Waals surface area contributed by atoms with Crippen molar-refractivity contribution in [3.63, 3.8) is 0 Å². The fraction of sp³-hybridized carbons (Fsp3) is 0. The molecule has 0 atom stereocenters. The van der Waals surface area contributed by atoms with E-state index in [9.17, 15) is 14.7 Å². The van der Waals surface area contributed by atoms with Crippen molar-refractivity contribution in [1.82, 2.24) is 9.55 Å². The van der Waals surface area contributed by atoms with Crippen molar-refractivity contribution in [2.75, 3.05) is 0 Å². The standard InChI is InChI=1S/C25H16N2O3/c1-2-17-10-12-18(13-11-17)14-15-23-26-22-9-4-3-8-21(22)24(28)27(23)20-7-5-6-19(16-20)25(29)30/h1,3-16H,(H,29,30). The zero-order valence-corrected chi connectivity index (χ0v) is 15.8. The van der Waals surface area contributed by atoms with Crippen LogP contribution in [0.5, 0.6) is 0 Å². The maximum atomic E-state index is 13.2. The molecule has 5 heteroatoms. The van der Waals surface area contributed by atoms with Gasteiger partial charge in [-0.2, -0.15) is 0 Å². The molecule has 0 saturated carbocycles. The first kappa shape index (κ1) is 18.9. The van der Waals surface area contributed by atoms with Crippen molar-refractivity contribution in [3.05, 3.63) is 106 Å². The molecule has 0 amide bonds. The SMILES string of the molecule is C#Cc1ccc(C=Cc2nc3ccccc3c(=O)n2-c2cccc(C(=O)O)c2)cc1. The molecule has 1 heterocycles. The summed E-state index contributed by atoms with van der Waals surface area (Å²) in [5, 5.41) is 9.78. The molecule has 0 fully saturated rings. The molecular weight excluding hydrogens is 376 g/mol. The largest absolute Gasteiger partial charge is 0.478 e. The Bertz CT molecular complexity index is 1390. The van der Waals surface area contributed by atoms with Crippen molar-refractivity contribution in [2.24, 2.45) is 0 Å². The van der Waals surface area contributed by atoms with E-state index in [0.29, 0.717) is 22.4 Å². The Kier molecular flexibility index (Phi) is 4.98. The van der Waals surface area contributed by atoms with E-state index in [2.05, 4.69) is 10.9 Å². The van der Waals surface area contributed by atoms with Gasteiger partial charge in [-0.1, -0.05) is 42.3 Å². The van der Waals surface area contributed by atoms with Crippen molar-refractivity contribution >= 4 is 29.0 Å². The molecule has 5 nitrogen and oxygen atoms in total. The number of terminal acetylenes is 1. The summed E-state index contributed by atoms with van der Waals surface area (Å²) in [7, 11) is 0. The van der Waals surface area contributed by atoms with Crippen molar-refractivity contribution in [3.8, 4) is 18.0 Å². The summed E-state index contributed by atoms with van der Waals surface area (Å²) in [6, 6.07) is 20.7. The van der Waals surface area contributed by atoms with Gasteiger partial charge >= 0.3 is 5.97 Å². The molecule has 3 aromatic carbocycles. The molecule has 0 saturated heterocycles. The van der Waals surface area contributed by atoms with Crippen LogP contribution in [0.25, 0.3) is 28.7 Å². The molecule has 1 N–H and O–H groups in total. The monoisotopic (exact) mass is 392 g/mol. The highest BCUT2D eigenvalue weighted by atomic mass is 16.4. The zero-order valence-electron chi connectivity index (χ0n) is 15.8. The molecular formula is C25H16N2O3. The van der Waals surface area contributed by atoms with E-state index >= 15 is 0 Å². The first-order chi connectivity index (χ1) is 14.6. The van der Waals surface area contributed by atoms with Gasteiger partial charge in [-0.3, -0.25) is 9.36 Å². The molecule has 0 aliphatic heterocycles. The van der Waals surface area contributed by atoms with Gasteiger partial charge in [0.1, 0.15) is 5.82 Å². The number of carboxylic acid groups (broad SMARTS) is 1. The van der Waals surface area contributed by atoms with E-state index in [1.54, 1.807) is 36.4 Å². The van der Waals surface area contributed by atoms with Gasteiger partial charge in [0, 0.05) is 5.56 Å². The average molecular weight is 392 g/mol. The van der Waals surface area contributed by atoms with Crippen molar-refractivity contribution < 1.29 is 9.90 Å². The van der Waals surface area contributed by atoms with Crippen molar-refractivity contribution in [1.29, 1.82) is 0 Å². The molecule has 0 aliphatic rings. The molecule has 0 unspecified atom stereocenters. The smallest absolute Gasteiger partial charge is 0.335 e. The third kappa shape index (κ3) is 3.62. The number of carboxylic acids is 1. The lowest BCUT2D eigenvalue weighted by Crippen LogP contribution is -2.22. The minimum atomic E-state index is -1.07. The number of benzene rings is 3. The molecule has 30 heavy (non-hydrogen) atoms. The summed E-state index contributed by atoms with van der Waals surface area (Å²) in [6.45, 7) is 0. The summed E-state index contributed by atoms with van der Waals surface area (Å²) < 4.78 is 1.42. The Balaban J connectivity index is 1.91. The Labute approximate surface area is 172 Å². The predicted octanol–water partition coefficient (Wildman–Crippen LogP) is 4.24. The van der Waals surface area contributed by atoms with Crippen LogP contribution in [0.4, 0.5) is 0 Å². The summed E-state index contributed by atoms with van der Waals surface area (Å²) in [4.78, 5) is 29.3. The number of aromatic nitrogens is 2. The van der Waals surface area contributed by atoms with Gasteiger partial charge in [0.05, 0.1) is 22.2 Å². The van der Waals surface area contributed by atoms with Crippen molar-refractivity contribution in [2.45, 2.75) is 0 Å². The molecule has 0 aliphatic carbocycles. The number of para-hydroxylation sites is 1. The lowest BCUT2D eigenvalue weighted by molar-refractivity contribution is 0.0697. The topological polar surface area (TPSA) is 72.2 Å². The minimum Gasteiger partial charge on any atom is -0.478 e. The molecule has 1 aromatic heterocycles. The van der Waals surface area contributed by atoms with Crippen LogP contribution >= 0.6 is 0 Å². The van der Waals surface area contributed by atoms with Gasteiger partial charge in [-0.05, 0) is 54.1 Å². The third-order valence-corrected chi connectivity index (χ3v) is 4.66. The van der Waals surface area contributed by atoms with E-state index < -0.39 is 5.97 Å². The second-order valence-corrected chi connectivity index (χ2v) is 6.58. The molecule has 0 spiro atoms. The van der Waals surface area contributed by atoms with Crippen LogP contribution in [0.1, 0.15) is 27.3 Å². The van der Waals surface area contributed by atoms with Gasteiger partial charge in [-0.25, -0.2) is 9.78 Å². The minimum absolute atomic E-state index is 0.0901. The zero-order chi connectivity index (χ0) is 21.1. The van der Waals surface area contributed by atoms with E-state index in [4.69, 9.17) is 6.42 Å². The summed E-state index contributed by atoms with van der Waals surface area (Å²) in [5.74, 6) is 1.90. The number of rotatable bonds is 4. The highest BCUT2D eigenvalue weighted by Gasteiger charge is 2.12. The molecule has 4 aromatic rings. The highest BCUT2D eigenvalue weighted by Crippen LogP contribution is 2.17. The maximum absolute atomic E-state index is 13.2. The van der Waals surface area contributed by atoms with Gasteiger partial charge in [0.25, 0.3) is 5.56 Å². The number of hydrogen-bond acceptors (Lipinski definition) is 3. The van der Waals surface area contributed by atoms with E-state index in [1.807, 2.05) is 36.4 Å². The second kappa shape index (κ2) is 7.90. The third-order valence-electron chi connectivity index (χ3n) is 4.66. The Morgan fingerprint density at radius 3 is 2.50 bits per heavy atom. The van der Waals surface area contributed by atoms with Gasteiger partial charge in [-0.15, -0.1) is 6.42 Å². The van der Waals surface area contributed by atoms with Gasteiger partial charge in [0.15, 0.2) is 0 Å². The highest BCUT2D eigenvalue weighted by molar-refractivity contribution is 5.88. The first-order valence-corrected chi connectivity index (χ1v) is 9.17. The van der Waals surface area contributed by atoms with E-state index in [-0.39, 0.29) is 11.1 Å². The lowest BCUT2D eigenvalue weighted by atomic mass is 10.1. The van der Waals surface area contributed by atoms with Crippen LogP contribution in [0.15, 0.2) is 77.6 Å².